The number of anilines is 1. The van der Waals surface area contributed by atoms with Gasteiger partial charge < -0.3 is 9.64 Å². The van der Waals surface area contributed by atoms with Crippen LogP contribution in [0.1, 0.15) is 19.8 Å². The Balaban J connectivity index is 1.72. The van der Waals surface area contributed by atoms with Gasteiger partial charge in [-0.25, -0.2) is 4.98 Å². The first-order valence-corrected chi connectivity index (χ1v) is 9.78. The quantitative estimate of drug-likeness (QED) is 0.539. The second-order valence-electron chi connectivity index (χ2n) is 7.55. The Morgan fingerprint density at radius 3 is 2.68 bits per heavy atom. The molecule has 0 bridgehead atoms. The molecule has 0 spiro atoms. The summed E-state index contributed by atoms with van der Waals surface area (Å²) in [6, 6.07) is 16.2. The van der Waals surface area contributed by atoms with Gasteiger partial charge in [-0.15, -0.1) is 5.10 Å². The first-order valence-electron chi connectivity index (χ1n) is 9.78. The maximum absolute atomic E-state index is 5.28. The summed E-state index contributed by atoms with van der Waals surface area (Å²) in [4.78, 5) is 7.49. The van der Waals surface area contributed by atoms with Crippen LogP contribution in [0.15, 0.2) is 48.5 Å². The van der Waals surface area contributed by atoms with Crippen molar-refractivity contribution in [1.29, 1.82) is 0 Å². The number of aromatic nitrogens is 4. The van der Waals surface area contributed by atoms with Crippen LogP contribution in [-0.4, -0.2) is 40.0 Å². The molecule has 28 heavy (non-hydrogen) atoms. The normalized spacial score (nSPS) is 17.4. The minimum atomic E-state index is 0.676. The number of para-hydroxylation sites is 1. The molecule has 4 aromatic rings. The van der Waals surface area contributed by atoms with Gasteiger partial charge in [0.15, 0.2) is 5.65 Å². The molecule has 1 fully saturated rings. The zero-order valence-corrected chi connectivity index (χ0v) is 16.2. The van der Waals surface area contributed by atoms with Crippen molar-refractivity contribution in [1.82, 2.24) is 19.8 Å². The van der Waals surface area contributed by atoms with Gasteiger partial charge in [-0.2, -0.15) is 4.52 Å². The van der Waals surface area contributed by atoms with Crippen molar-refractivity contribution in [3.05, 3.63) is 48.5 Å². The summed E-state index contributed by atoms with van der Waals surface area (Å²) in [6.07, 6.45) is 2.48. The SMILES string of the molecule is COc1ccc(-c2nnn3c2nc(N2CCC[C@@H](C)C2)c2ccccc23)cc1. The van der Waals surface area contributed by atoms with Crippen molar-refractivity contribution in [3.8, 4) is 17.0 Å². The molecular weight excluding hydrogens is 350 g/mol. The van der Waals surface area contributed by atoms with Gasteiger partial charge >= 0.3 is 0 Å². The molecule has 1 aliphatic heterocycles. The maximum atomic E-state index is 5.28. The molecule has 1 aliphatic rings. The molecule has 6 heteroatoms. The van der Waals surface area contributed by atoms with Crippen LogP contribution in [0.2, 0.25) is 0 Å². The van der Waals surface area contributed by atoms with Gasteiger partial charge in [0, 0.05) is 24.0 Å². The highest BCUT2D eigenvalue weighted by Crippen LogP contribution is 2.32. The van der Waals surface area contributed by atoms with Gasteiger partial charge in [-0.1, -0.05) is 24.3 Å². The van der Waals surface area contributed by atoms with E-state index in [2.05, 4.69) is 40.3 Å². The van der Waals surface area contributed by atoms with Crippen LogP contribution in [-0.2, 0) is 0 Å². The first kappa shape index (κ1) is 17.0. The predicted octanol–water partition coefficient (Wildman–Crippen LogP) is 4.19. The lowest BCUT2D eigenvalue weighted by atomic mass is 10.00. The van der Waals surface area contributed by atoms with Crippen LogP contribution in [0.3, 0.4) is 0 Å². The fourth-order valence-corrected chi connectivity index (χ4v) is 4.11. The highest BCUT2D eigenvalue weighted by molar-refractivity contribution is 5.93. The van der Waals surface area contributed by atoms with Crippen molar-refractivity contribution in [2.45, 2.75) is 19.8 Å². The second-order valence-corrected chi connectivity index (χ2v) is 7.55. The van der Waals surface area contributed by atoms with E-state index in [4.69, 9.17) is 9.72 Å². The van der Waals surface area contributed by atoms with E-state index in [1.54, 1.807) is 7.11 Å². The van der Waals surface area contributed by atoms with Crippen LogP contribution >= 0.6 is 0 Å². The summed E-state index contributed by atoms with van der Waals surface area (Å²) in [5.41, 5.74) is 3.60. The molecule has 6 nitrogen and oxygen atoms in total. The Kier molecular flexibility index (Phi) is 4.11. The summed E-state index contributed by atoms with van der Waals surface area (Å²) in [5.74, 6) is 2.53. The summed E-state index contributed by atoms with van der Waals surface area (Å²) in [7, 11) is 1.67. The van der Waals surface area contributed by atoms with E-state index in [9.17, 15) is 0 Å². The Morgan fingerprint density at radius 2 is 1.89 bits per heavy atom. The lowest BCUT2D eigenvalue weighted by Gasteiger charge is -2.32. The van der Waals surface area contributed by atoms with Crippen molar-refractivity contribution in [2.24, 2.45) is 5.92 Å². The van der Waals surface area contributed by atoms with Gasteiger partial charge in [-0.05, 0) is 55.2 Å². The molecule has 0 N–H and O–H groups in total. The molecule has 2 aromatic carbocycles. The van der Waals surface area contributed by atoms with E-state index in [1.807, 2.05) is 34.8 Å². The molecule has 3 heterocycles. The van der Waals surface area contributed by atoms with Crippen molar-refractivity contribution >= 4 is 22.4 Å². The number of benzene rings is 2. The van der Waals surface area contributed by atoms with E-state index < -0.39 is 0 Å². The number of methoxy groups -OCH3 is 1. The summed E-state index contributed by atoms with van der Waals surface area (Å²) in [6.45, 7) is 4.39. The second kappa shape index (κ2) is 6.78. The summed E-state index contributed by atoms with van der Waals surface area (Å²) >= 11 is 0. The van der Waals surface area contributed by atoms with Gasteiger partial charge in [0.2, 0.25) is 0 Å². The molecule has 2 aromatic heterocycles. The number of fused-ring (bicyclic) bond motifs is 3. The third-order valence-corrected chi connectivity index (χ3v) is 5.55. The molecule has 0 aliphatic carbocycles. The number of rotatable bonds is 3. The van der Waals surface area contributed by atoms with Crippen molar-refractivity contribution in [3.63, 3.8) is 0 Å². The average Bonchev–Trinajstić information content (AvgIpc) is 3.17. The Morgan fingerprint density at radius 1 is 1.07 bits per heavy atom. The monoisotopic (exact) mass is 373 g/mol. The molecule has 0 saturated carbocycles. The molecule has 1 atom stereocenters. The van der Waals surface area contributed by atoms with Gasteiger partial charge in [-0.3, -0.25) is 0 Å². The Bertz CT molecular complexity index is 1140. The fraction of sp³-hybridized carbons (Fsp3) is 0.318. The van der Waals surface area contributed by atoms with Crippen LogP contribution in [0, 0.1) is 5.92 Å². The van der Waals surface area contributed by atoms with E-state index in [1.165, 1.54) is 12.8 Å². The largest absolute Gasteiger partial charge is 0.497 e. The first-order chi connectivity index (χ1) is 13.7. The smallest absolute Gasteiger partial charge is 0.186 e. The van der Waals surface area contributed by atoms with Crippen LogP contribution in [0.25, 0.3) is 27.8 Å². The minimum absolute atomic E-state index is 0.676. The molecule has 0 unspecified atom stereocenters. The highest BCUT2D eigenvalue weighted by Gasteiger charge is 2.22. The fourth-order valence-electron chi connectivity index (χ4n) is 4.11. The molecule has 0 amide bonds. The lowest BCUT2D eigenvalue weighted by molar-refractivity contribution is 0.415. The minimum Gasteiger partial charge on any atom is -0.497 e. The summed E-state index contributed by atoms with van der Waals surface area (Å²) < 4.78 is 7.13. The Hall–Kier alpha value is -3.15. The third kappa shape index (κ3) is 2.76. The van der Waals surface area contributed by atoms with Crippen LogP contribution in [0.5, 0.6) is 5.75 Å². The van der Waals surface area contributed by atoms with Gasteiger partial charge in [0.25, 0.3) is 0 Å². The average molecular weight is 373 g/mol. The third-order valence-electron chi connectivity index (χ3n) is 5.55. The number of nitrogens with zero attached hydrogens (tertiary/aromatic N) is 5. The van der Waals surface area contributed by atoms with Gasteiger partial charge in [0.1, 0.15) is 17.3 Å². The standard InChI is InChI=1S/C22H23N5O/c1-15-6-5-13-26(14-15)21-18-7-3-4-8-19(18)27-22(23-21)20(24-25-27)16-9-11-17(28-2)12-10-16/h3-4,7-12,15H,5-6,13-14H2,1-2H3/t15-/m1/s1. The molecule has 142 valence electrons. The number of hydrogen-bond acceptors (Lipinski definition) is 5. The number of piperidine rings is 1. The molecule has 5 rings (SSSR count). The van der Waals surface area contributed by atoms with Crippen LogP contribution < -0.4 is 9.64 Å². The topological polar surface area (TPSA) is 55.6 Å². The maximum Gasteiger partial charge on any atom is 0.186 e. The zero-order valence-electron chi connectivity index (χ0n) is 16.2. The van der Waals surface area contributed by atoms with Crippen LogP contribution in [0.4, 0.5) is 5.82 Å². The molecule has 0 radical (unpaired) electrons. The van der Waals surface area contributed by atoms with E-state index in [0.29, 0.717) is 5.92 Å². The zero-order chi connectivity index (χ0) is 19.1. The van der Waals surface area contributed by atoms with Crippen molar-refractivity contribution in [2.75, 3.05) is 25.1 Å². The van der Waals surface area contributed by atoms with Crippen molar-refractivity contribution < 1.29 is 4.74 Å². The highest BCUT2D eigenvalue weighted by atomic mass is 16.5. The van der Waals surface area contributed by atoms with E-state index in [0.717, 1.165) is 52.5 Å². The lowest BCUT2D eigenvalue weighted by Crippen LogP contribution is -2.35. The Labute approximate surface area is 163 Å². The van der Waals surface area contributed by atoms with E-state index in [-0.39, 0.29) is 0 Å². The predicted molar refractivity (Wildman–Crippen MR) is 111 cm³/mol. The summed E-state index contributed by atoms with van der Waals surface area (Å²) in [5, 5.41) is 10.0. The molecular formula is C22H23N5O. The molecule has 1 saturated heterocycles. The van der Waals surface area contributed by atoms with E-state index >= 15 is 0 Å². The number of ether oxygens (including phenoxy) is 1. The number of hydrogen-bond donors (Lipinski definition) is 0. The van der Waals surface area contributed by atoms with Gasteiger partial charge in [0.05, 0.1) is 12.6 Å².